The van der Waals surface area contributed by atoms with Crippen molar-refractivity contribution in [2.45, 2.75) is 103 Å². The zero-order valence-corrected chi connectivity index (χ0v) is 36.3. The van der Waals surface area contributed by atoms with Gasteiger partial charge in [0.25, 0.3) is 0 Å². The molecule has 0 spiro atoms. The first kappa shape index (κ1) is 39.6. The summed E-state index contributed by atoms with van der Waals surface area (Å²) in [6.07, 6.45) is 51.4. The van der Waals surface area contributed by atoms with Crippen molar-refractivity contribution >= 4 is 24.1 Å². The predicted octanol–water partition coefficient (Wildman–Crippen LogP) is 10.3. The van der Waals surface area contributed by atoms with E-state index in [0.717, 1.165) is 79.2 Å². The molecule has 7 unspecified atom stereocenters. The Morgan fingerprint density at radius 1 is 0.951 bits per heavy atom. The second-order valence-electron chi connectivity index (χ2n) is 18.6. The lowest BCUT2D eigenvalue weighted by Crippen LogP contribution is -2.66. The van der Waals surface area contributed by atoms with Crippen molar-refractivity contribution in [3.8, 4) is 18.0 Å². The lowest BCUT2D eigenvalue weighted by atomic mass is 9.70. The first-order valence-corrected chi connectivity index (χ1v) is 23.0. The number of nitrogens with zero attached hydrogens (tertiary/aromatic N) is 2. The van der Waals surface area contributed by atoms with E-state index < -0.39 is 5.66 Å². The zero-order chi connectivity index (χ0) is 41.7. The Morgan fingerprint density at radius 3 is 2.59 bits per heavy atom. The molecule has 310 valence electrons. The van der Waals surface area contributed by atoms with E-state index in [1.165, 1.54) is 39.1 Å². The van der Waals surface area contributed by atoms with Crippen LogP contribution >= 0.6 is 0 Å². The Morgan fingerprint density at radius 2 is 1.82 bits per heavy atom. The van der Waals surface area contributed by atoms with E-state index in [2.05, 4.69) is 170 Å². The number of allylic oxidation sites excluding steroid dienone is 13. The number of benzene rings is 1. The number of terminal acetylenes is 1. The third-order valence-electron chi connectivity index (χ3n) is 14.8. The van der Waals surface area contributed by atoms with Gasteiger partial charge in [-0.05, 0) is 118 Å². The highest BCUT2D eigenvalue weighted by molar-refractivity contribution is 6.02. The van der Waals surface area contributed by atoms with Crippen LogP contribution in [-0.2, 0) is 4.74 Å². The van der Waals surface area contributed by atoms with Gasteiger partial charge in [0, 0.05) is 40.3 Å². The van der Waals surface area contributed by atoms with E-state index in [4.69, 9.17) is 16.2 Å². The van der Waals surface area contributed by atoms with Gasteiger partial charge in [-0.2, -0.15) is 0 Å². The van der Waals surface area contributed by atoms with Crippen molar-refractivity contribution in [1.29, 1.82) is 0 Å². The smallest absolute Gasteiger partial charge is 0.131 e. The fourth-order valence-electron chi connectivity index (χ4n) is 11.7. The minimum Gasteiger partial charge on any atom is -0.489 e. The average Bonchev–Trinajstić information content (AvgIpc) is 3.73. The highest BCUT2D eigenvalue weighted by atomic mass is 16.5. The van der Waals surface area contributed by atoms with Crippen LogP contribution in [0, 0.1) is 41.9 Å². The maximum atomic E-state index is 6.97. The molecule has 0 saturated carbocycles. The summed E-state index contributed by atoms with van der Waals surface area (Å²) in [5.41, 5.74) is 10.0. The van der Waals surface area contributed by atoms with Crippen LogP contribution in [-0.4, -0.2) is 28.3 Å². The van der Waals surface area contributed by atoms with Gasteiger partial charge in [-0.1, -0.05) is 128 Å². The van der Waals surface area contributed by atoms with Crippen molar-refractivity contribution < 1.29 is 4.74 Å². The van der Waals surface area contributed by atoms with E-state index in [9.17, 15) is 0 Å². The third kappa shape index (κ3) is 7.07. The van der Waals surface area contributed by atoms with Crippen LogP contribution in [0.2, 0.25) is 0 Å². The van der Waals surface area contributed by atoms with Gasteiger partial charge >= 0.3 is 0 Å². The molecule has 10 rings (SSSR count). The molecule has 0 amide bonds. The van der Waals surface area contributed by atoms with Crippen LogP contribution < -0.4 is 21.2 Å². The molecule has 5 heteroatoms. The summed E-state index contributed by atoms with van der Waals surface area (Å²) in [6.45, 7) is 9.37. The van der Waals surface area contributed by atoms with Gasteiger partial charge < -0.3 is 14.6 Å². The molecule has 0 fully saturated rings. The molecule has 0 saturated heterocycles. The number of fused-ring (bicyclic) bond motifs is 4. The summed E-state index contributed by atoms with van der Waals surface area (Å²) in [4.78, 5) is 5.51. The molecular weight excluding hydrogens is 745 g/mol. The van der Waals surface area contributed by atoms with Crippen LogP contribution in [0.25, 0.3) is 23.9 Å². The highest BCUT2D eigenvalue weighted by Gasteiger charge is 2.45. The largest absolute Gasteiger partial charge is 0.489 e. The van der Waals surface area contributed by atoms with E-state index in [-0.39, 0.29) is 24.1 Å². The fraction of sp³-hybridized carbons (Fsp3) is 0.375. The predicted molar refractivity (Wildman–Crippen MR) is 253 cm³/mol. The second kappa shape index (κ2) is 16.4. The van der Waals surface area contributed by atoms with E-state index in [0.29, 0.717) is 23.7 Å². The molecule has 61 heavy (non-hydrogen) atoms. The number of aromatic nitrogens is 1. The summed E-state index contributed by atoms with van der Waals surface area (Å²) in [5.74, 6) is 7.14. The molecule has 0 radical (unpaired) electrons. The van der Waals surface area contributed by atoms with Gasteiger partial charge in [-0.3, -0.25) is 5.32 Å². The summed E-state index contributed by atoms with van der Waals surface area (Å²) in [7, 11) is 0. The van der Waals surface area contributed by atoms with Crippen molar-refractivity contribution in [3.05, 3.63) is 165 Å². The second-order valence-corrected chi connectivity index (χ2v) is 18.6. The lowest BCUT2D eigenvalue weighted by molar-refractivity contribution is 0.162. The molecule has 5 nitrogen and oxygen atoms in total. The maximum Gasteiger partial charge on any atom is 0.131 e. The van der Waals surface area contributed by atoms with E-state index in [1.54, 1.807) is 0 Å². The number of hydrogen-bond donors (Lipinski definition) is 2. The normalized spacial score (nSPS) is 33.3. The molecule has 2 aromatic rings. The number of ether oxygens (including phenoxy) is 1. The first-order chi connectivity index (χ1) is 29.8. The van der Waals surface area contributed by atoms with E-state index in [1.807, 2.05) is 6.08 Å². The minimum absolute atomic E-state index is 0.00336. The van der Waals surface area contributed by atoms with Crippen LogP contribution in [0.5, 0.6) is 0 Å². The molecule has 9 atom stereocenters. The number of rotatable bonds is 6. The summed E-state index contributed by atoms with van der Waals surface area (Å²) in [5, 5.41) is 10.5. The Hall–Kier alpha value is -5.57. The molecule has 6 aliphatic carbocycles. The summed E-state index contributed by atoms with van der Waals surface area (Å²) in [6, 6.07) is 10.6. The quantitative estimate of drug-likeness (QED) is 0.226. The van der Waals surface area contributed by atoms with Crippen molar-refractivity contribution in [3.63, 3.8) is 0 Å². The molecular formula is C56H60N4O. The van der Waals surface area contributed by atoms with Crippen LogP contribution in [0.4, 0.5) is 0 Å². The Bertz CT molecular complexity index is 2620. The topological polar surface area (TPSA) is 50.6 Å². The van der Waals surface area contributed by atoms with Crippen LogP contribution in [0.1, 0.15) is 96.2 Å². The van der Waals surface area contributed by atoms with Gasteiger partial charge in [-0.25, -0.2) is 4.99 Å². The maximum absolute atomic E-state index is 6.97. The number of nitrogens with one attached hydrogen (secondary N) is 2. The first-order valence-electron chi connectivity index (χ1n) is 23.0. The SMILES string of the molecule is C#C/C=c1/c2c(n(-c3ccccc3)/c1=C/C)C=CC1OC3=C(C=CC(C4=C([C@]5(C)NC(C6=CCCC=C6)=NC(C6CC=CC[C@@H]6C)N5)C=C(C5C=CC=CC5)C(C)C4)CC3)C21. The lowest BCUT2D eigenvalue weighted by Gasteiger charge is -2.47. The Labute approximate surface area is 362 Å². The summed E-state index contributed by atoms with van der Waals surface area (Å²) >= 11 is 0. The number of hydrogen-bond acceptors (Lipinski definition) is 4. The van der Waals surface area contributed by atoms with Gasteiger partial charge in [-0.15, -0.1) is 6.42 Å². The zero-order valence-electron chi connectivity index (χ0n) is 36.3. The van der Waals surface area contributed by atoms with Gasteiger partial charge in [0.15, 0.2) is 0 Å². The van der Waals surface area contributed by atoms with Crippen molar-refractivity contribution in [2.75, 3.05) is 0 Å². The van der Waals surface area contributed by atoms with Crippen molar-refractivity contribution in [2.24, 2.45) is 34.6 Å². The molecule has 2 N–H and O–H groups in total. The molecule has 2 aliphatic heterocycles. The number of para-hydroxylation sites is 1. The molecule has 8 aliphatic rings. The molecule has 1 aromatic heterocycles. The number of aliphatic imine (C=N–C) groups is 1. The minimum atomic E-state index is -0.530. The Kier molecular flexibility index (Phi) is 10.6. The average molecular weight is 805 g/mol. The number of amidine groups is 1. The standard InChI is InChI=1S/C56H60N4O/c1-6-19-43-48(7-2)60(41-25-15-10-16-26-41)49-31-33-51-53(52(43)49)44-30-28-39(29-32-50(44)61-51)46-34-37(4)45(38-21-11-8-12-22-38)35-47(46)56(5)58-54(40-23-13-9-14-24-40)57-55(59-56)42-27-18-17-20-36(42)3/h1,7-8,10-13,15-19,21,23-26,28,30-31,33,35-39,42,51,53,55,59H,9,14,20,22,27,29,32,34H2,2-5H3,(H,57,58)/b43-19+,48-7+/t36-,37?,38?,39?,42?,51?,53?,55?,56+/m0/s1. The van der Waals surface area contributed by atoms with Crippen molar-refractivity contribution in [1.82, 2.24) is 15.2 Å². The van der Waals surface area contributed by atoms with Gasteiger partial charge in [0.1, 0.15) is 29.5 Å². The summed E-state index contributed by atoms with van der Waals surface area (Å²) < 4.78 is 9.34. The molecule has 1 aromatic carbocycles. The Balaban J connectivity index is 1.08. The fourth-order valence-corrected chi connectivity index (χ4v) is 11.7. The monoisotopic (exact) mass is 804 g/mol. The molecule has 3 heterocycles. The molecule has 0 bridgehead atoms. The van der Waals surface area contributed by atoms with Crippen LogP contribution in [0.15, 0.2) is 148 Å². The van der Waals surface area contributed by atoms with Crippen LogP contribution in [0.3, 0.4) is 0 Å². The van der Waals surface area contributed by atoms with E-state index >= 15 is 0 Å². The van der Waals surface area contributed by atoms with Gasteiger partial charge in [0.05, 0.1) is 17.0 Å². The van der Waals surface area contributed by atoms with Gasteiger partial charge in [0.2, 0.25) is 0 Å². The highest BCUT2D eigenvalue weighted by Crippen LogP contribution is 2.49. The third-order valence-corrected chi connectivity index (χ3v) is 14.8.